The summed E-state index contributed by atoms with van der Waals surface area (Å²) in [5.74, 6) is 0.0234. The first-order valence-corrected chi connectivity index (χ1v) is 5.21. The lowest BCUT2D eigenvalue weighted by molar-refractivity contribution is 0.0765. The molecule has 1 aliphatic rings. The molecule has 1 N–H and O–H groups in total. The van der Waals surface area contributed by atoms with Gasteiger partial charge in [0, 0.05) is 18.7 Å². The normalized spacial score (nSPS) is 20.7. The highest BCUT2D eigenvalue weighted by molar-refractivity contribution is 5.94. The first-order chi connectivity index (χ1) is 7.16. The van der Waals surface area contributed by atoms with Crippen LogP contribution in [0.4, 0.5) is 0 Å². The molecule has 1 unspecified atom stereocenters. The van der Waals surface area contributed by atoms with Gasteiger partial charge in [0.1, 0.15) is 0 Å². The van der Waals surface area contributed by atoms with E-state index in [-0.39, 0.29) is 12.0 Å². The van der Waals surface area contributed by atoms with E-state index in [0.717, 1.165) is 5.56 Å². The highest BCUT2D eigenvalue weighted by Gasteiger charge is 2.25. The largest absolute Gasteiger partial charge is 0.391 e. The van der Waals surface area contributed by atoms with Gasteiger partial charge in [-0.25, -0.2) is 0 Å². The van der Waals surface area contributed by atoms with Gasteiger partial charge in [-0.2, -0.15) is 0 Å². The summed E-state index contributed by atoms with van der Waals surface area (Å²) in [6.07, 6.45) is 0.344. The fourth-order valence-electron chi connectivity index (χ4n) is 1.89. The molecule has 0 aliphatic carbocycles. The van der Waals surface area contributed by atoms with Crippen LogP contribution in [0.2, 0.25) is 0 Å². The van der Waals surface area contributed by atoms with Crippen LogP contribution in [0.3, 0.4) is 0 Å². The number of hydrogen-bond acceptors (Lipinski definition) is 2. The van der Waals surface area contributed by atoms with Crippen LogP contribution in [0, 0.1) is 6.92 Å². The number of nitrogens with zero attached hydrogens (tertiary/aromatic N) is 1. The van der Waals surface area contributed by atoms with Crippen molar-refractivity contribution in [3.8, 4) is 0 Å². The lowest BCUT2D eigenvalue weighted by Gasteiger charge is -2.15. The van der Waals surface area contributed by atoms with E-state index < -0.39 is 0 Å². The third kappa shape index (κ3) is 2.18. The van der Waals surface area contributed by atoms with E-state index in [1.807, 2.05) is 31.2 Å². The minimum atomic E-state index is -0.348. The number of benzene rings is 1. The monoisotopic (exact) mass is 205 g/mol. The predicted molar refractivity (Wildman–Crippen MR) is 57.7 cm³/mol. The molecule has 15 heavy (non-hydrogen) atoms. The van der Waals surface area contributed by atoms with Crippen molar-refractivity contribution >= 4 is 5.91 Å². The van der Waals surface area contributed by atoms with Gasteiger partial charge < -0.3 is 10.0 Å². The van der Waals surface area contributed by atoms with E-state index >= 15 is 0 Å². The molecule has 1 amide bonds. The summed E-state index contributed by atoms with van der Waals surface area (Å²) < 4.78 is 0. The van der Waals surface area contributed by atoms with Gasteiger partial charge in [0.05, 0.1) is 6.10 Å². The number of amides is 1. The summed E-state index contributed by atoms with van der Waals surface area (Å²) in [4.78, 5) is 13.7. The molecule has 2 rings (SSSR count). The summed E-state index contributed by atoms with van der Waals surface area (Å²) in [6.45, 7) is 3.09. The summed E-state index contributed by atoms with van der Waals surface area (Å²) in [5.41, 5.74) is 1.80. The van der Waals surface area contributed by atoms with Crippen LogP contribution in [-0.2, 0) is 0 Å². The Kier molecular flexibility index (Phi) is 2.73. The molecule has 0 bridgehead atoms. The average Bonchev–Trinajstić information content (AvgIpc) is 2.64. The average molecular weight is 205 g/mol. The number of carbonyl (C=O) groups is 1. The standard InChI is InChI=1S/C12H15NO2/c1-9-3-2-4-10(7-9)12(15)13-6-5-11(14)8-13/h2-4,7,11,14H,5-6,8H2,1H3. The van der Waals surface area contributed by atoms with Gasteiger partial charge in [0.2, 0.25) is 0 Å². The molecule has 0 radical (unpaired) electrons. The third-order valence-electron chi connectivity index (χ3n) is 2.72. The molecule has 0 saturated carbocycles. The topological polar surface area (TPSA) is 40.5 Å². The minimum Gasteiger partial charge on any atom is -0.391 e. The predicted octanol–water partition coefficient (Wildman–Crippen LogP) is 1.20. The summed E-state index contributed by atoms with van der Waals surface area (Å²) >= 11 is 0. The van der Waals surface area contributed by atoms with Gasteiger partial charge in [-0.1, -0.05) is 17.7 Å². The number of rotatable bonds is 1. The van der Waals surface area contributed by atoms with Crippen LogP contribution in [0.15, 0.2) is 24.3 Å². The zero-order valence-corrected chi connectivity index (χ0v) is 8.81. The number of β-amino-alcohol motifs (C(OH)–C–C–N with tert-alkyl or cyclic N) is 1. The van der Waals surface area contributed by atoms with Gasteiger partial charge in [-0.3, -0.25) is 4.79 Å². The first kappa shape index (κ1) is 10.2. The molecule has 0 aromatic heterocycles. The molecule has 1 atom stereocenters. The van der Waals surface area contributed by atoms with Gasteiger partial charge in [0.15, 0.2) is 0 Å². The van der Waals surface area contributed by atoms with E-state index in [4.69, 9.17) is 0 Å². The Bertz CT molecular complexity index is 376. The van der Waals surface area contributed by atoms with Crippen LogP contribution in [0.1, 0.15) is 22.3 Å². The quantitative estimate of drug-likeness (QED) is 0.748. The van der Waals surface area contributed by atoms with Crippen LogP contribution in [0.5, 0.6) is 0 Å². The highest BCUT2D eigenvalue weighted by atomic mass is 16.3. The van der Waals surface area contributed by atoms with Crippen molar-refractivity contribution in [1.29, 1.82) is 0 Å². The SMILES string of the molecule is Cc1cccc(C(=O)N2CCC(O)C2)c1. The highest BCUT2D eigenvalue weighted by Crippen LogP contribution is 2.14. The maximum Gasteiger partial charge on any atom is 0.253 e. The minimum absolute atomic E-state index is 0.0234. The molecular weight excluding hydrogens is 190 g/mol. The van der Waals surface area contributed by atoms with Crippen LogP contribution >= 0.6 is 0 Å². The van der Waals surface area contributed by atoms with Gasteiger partial charge in [0.25, 0.3) is 5.91 Å². The van der Waals surface area contributed by atoms with E-state index in [9.17, 15) is 9.90 Å². The van der Waals surface area contributed by atoms with Crippen molar-refractivity contribution in [2.75, 3.05) is 13.1 Å². The van der Waals surface area contributed by atoms with Crippen LogP contribution in [-0.4, -0.2) is 35.1 Å². The number of hydrogen-bond donors (Lipinski definition) is 1. The molecular formula is C12H15NO2. The molecule has 1 heterocycles. The first-order valence-electron chi connectivity index (χ1n) is 5.21. The molecule has 1 fully saturated rings. The number of carbonyl (C=O) groups excluding carboxylic acids is 1. The molecule has 1 aromatic carbocycles. The van der Waals surface area contributed by atoms with E-state index in [0.29, 0.717) is 25.1 Å². The molecule has 80 valence electrons. The summed E-state index contributed by atoms with van der Waals surface area (Å²) in [6, 6.07) is 7.55. The molecule has 0 spiro atoms. The van der Waals surface area contributed by atoms with Crippen LogP contribution < -0.4 is 0 Å². The van der Waals surface area contributed by atoms with Crippen molar-refractivity contribution in [1.82, 2.24) is 4.90 Å². The lowest BCUT2D eigenvalue weighted by Crippen LogP contribution is -2.29. The zero-order chi connectivity index (χ0) is 10.8. The Morgan fingerprint density at radius 1 is 1.53 bits per heavy atom. The van der Waals surface area contributed by atoms with Gasteiger partial charge in [-0.05, 0) is 25.5 Å². The smallest absolute Gasteiger partial charge is 0.253 e. The molecule has 3 heteroatoms. The van der Waals surface area contributed by atoms with E-state index in [2.05, 4.69) is 0 Å². The summed E-state index contributed by atoms with van der Waals surface area (Å²) in [7, 11) is 0. The van der Waals surface area contributed by atoms with Crippen molar-refractivity contribution in [2.24, 2.45) is 0 Å². The molecule has 1 aromatic rings. The van der Waals surface area contributed by atoms with Gasteiger partial charge in [-0.15, -0.1) is 0 Å². The number of aryl methyl sites for hydroxylation is 1. The number of aliphatic hydroxyl groups is 1. The van der Waals surface area contributed by atoms with Gasteiger partial charge >= 0.3 is 0 Å². The third-order valence-corrected chi connectivity index (χ3v) is 2.72. The van der Waals surface area contributed by atoms with Crippen molar-refractivity contribution in [2.45, 2.75) is 19.4 Å². The second-order valence-electron chi connectivity index (χ2n) is 4.06. The molecule has 1 saturated heterocycles. The Morgan fingerprint density at radius 3 is 2.93 bits per heavy atom. The van der Waals surface area contributed by atoms with Crippen molar-refractivity contribution in [3.05, 3.63) is 35.4 Å². The Labute approximate surface area is 89.3 Å². The maximum absolute atomic E-state index is 12.0. The van der Waals surface area contributed by atoms with E-state index in [1.165, 1.54) is 0 Å². The Morgan fingerprint density at radius 2 is 2.33 bits per heavy atom. The van der Waals surface area contributed by atoms with E-state index in [1.54, 1.807) is 4.90 Å². The maximum atomic E-state index is 12.0. The molecule has 3 nitrogen and oxygen atoms in total. The van der Waals surface area contributed by atoms with Crippen LogP contribution in [0.25, 0.3) is 0 Å². The Hall–Kier alpha value is -1.35. The summed E-state index contributed by atoms with van der Waals surface area (Å²) in [5, 5.41) is 9.36. The fourth-order valence-corrected chi connectivity index (χ4v) is 1.89. The Balaban J connectivity index is 2.14. The second kappa shape index (κ2) is 4.03. The molecule has 1 aliphatic heterocycles. The second-order valence-corrected chi connectivity index (χ2v) is 4.06. The lowest BCUT2D eigenvalue weighted by atomic mass is 10.1. The number of likely N-dealkylation sites (tertiary alicyclic amines) is 1. The zero-order valence-electron chi connectivity index (χ0n) is 8.81. The fraction of sp³-hybridized carbons (Fsp3) is 0.417. The number of aliphatic hydroxyl groups excluding tert-OH is 1. The van der Waals surface area contributed by atoms with Crippen molar-refractivity contribution < 1.29 is 9.90 Å². The van der Waals surface area contributed by atoms with Crippen molar-refractivity contribution in [3.63, 3.8) is 0 Å².